The van der Waals surface area contributed by atoms with Gasteiger partial charge in [0.15, 0.2) is 11.5 Å². The number of nitrogen functional groups attached to an aromatic ring is 1. The van der Waals surface area contributed by atoms with Crippen molar-refractivity contribution in [2.45, 2.75) is 38.4 Å². The summed E-state index contributed by atoms with van der Waals surface area (Å²) in [5.74, 6) is 0.631. The average Bonchev–Trinajstić information content (AvgIpc) is 3.70. The van der Waals surface area contributed by atoms with Crippen molar-refractivity contribution in [2.24, 2.45) is 0 Å². The van der Waals surface area contributed by atoms with Crippen LogP contribution in [-0.4, -0.2) is 72.3 Å². The van der Waals surface area contributed by atoms with E-state index in [1.165, 1.54) is 12.8 Å². The first-order valence-corrected chi connectivity index (χ1v) is 13.9. The molecule has 208 valence electrons. The summed E-state index contributed by atoms with van der Waals surface area (Å²) in [6, 6.07) is 14.6. The van der Waals surface area contributed by atoms with Crippen molar-refractivity contribution >= 4 is 23.2 Å². The molecule has 11 nitrogen and oxygen atoms in total. The van der Waals surface area contributed by atoms with Crippen LogP contribution >= 0.6 is 0 Å². The largest absolute Gasteiger partial charge is 0.382 e. The number of carbonyl (C=O) groups is 1. The van der Waals surface area contributed by atoms with Crippen LogP contribution in [-0.2, 0) is 6.54 Å². The number of amides is 1. The number of aromatic nitrogens is 6. The third-order valence-corrected chi connectivity index (χ3v) is 8.11. The van der Waals surface area contributed by atoms with E-state index in [1.807, 2.05) is 66.3 Å². The number of aryl methyl sites for hydroxylation is 1. The van der Waals surface area contributed by atoms with Crippen LogP contribution < -0.4 is 16.0 Å². The van der Waals surface area contributed by atoms with E-state index in [2.05, 4.69) is 43.2 Å². The summed E-state index contributed by atoms with van der Waals surface area (Å²) in [6.07, 6.45) is 7.95. The Bertz CT molecular complexity index is 1730. The standard InChI is InChI=1S/C30H32N10O/c1-18-13-33-24-11-8-19(15-39(18)24)26-27(23-6-4-12-32-23)37-29(31)28(36-26)30(41)34-14-20-5-3-7-25(35-20)40-21-9-10-22(40)17-38(2)16-21/h3-8,11-13,15,21-22,32H,9-10,14,16-17H2,1-2H3,(H2,31,37)(H,34,41)/t21-,22+. The molecule has 2 bridgehead atoms. The van der Waals surface area contributed by atoms with Crippen LogP contribution in [0.5, 0.6) is 0 Å². The molecule has 0 unspecified atom stereocenters. The zero-order valence-electron chi connectivity index (χ0n) is 23.1. The molecule has 7 heterocycles. The summed E-state index contributed by atoms with van der Waals surface area (Å²) >= 11 is 0. The van der Waals surface area contributed by atoms with E-state index in [0.29, 0.717) is 23.5 Å². The number of hydrogen-bond donors (Lipinski definition) is 3. The number of nitrogens with one attached hydrogen (secondary N) is 2. The van der Waals surface area contributed by atoms with Crippen molar-refractivity contribution in [1.82, 2.24) is 39.5 Å². The molecule has 7 rings (SSSR count). The molecule has 0 saturated carbocycles. The predicted octanol–water partition coefficient (Wildman–Crippen LogP) is 3.28. The average molecular weight is 549 g/mol. The number of rotatable bonds is 6. The number of anilines is 2. The molecule has 11 heteroatoms. The number of hydrogen-bond acceptors (Lipinski definition) is 8. The van der Waals surface area contributed by atoms with E-state index in [-0.39, 0.29) is 18.1 Å². The number of nitrogens with zero attached hydrogens (tertiary/aromatic N) is 7. The van der Waals surface area contributed by atoms with Gasteiger partial charge in [-0.1, -0.05) is 6.07 Å². The highest BCUT2D eigenvalue weighted by Gasteiger charge is 2.39. The van der Waals surface area contributed by atoms with Crippen LogP contribution in [0.2, 0.25) is 0 Å². The number of likely N-dealkylation sites (tertiary alicyclic amines) is 1. The molecule has 4 N–H and O–H groups in total. The first-order valence-electron chi connectivity index (χ1n) is 13.9. The molecule has 2 fully saturated rings. The number of fused-ring (bicyclic) bond motifs is 3. The molecular weight excluding hydrogens is 516 g/mol. The van der Waals surface area contributed by atoms with Gasteiger partial charge in [0.1, 0.15) is 22.9 Å². The Labute approximate surface area is 237 Å². The highest BCUT2D eigenvalue weighted by atomic mass is 16.1. The third-order valence-electron chi connectivity index (χ3n) is 8.11. The minimum atomic E-state index is -0.402. The minimum Gasteiger partial charge on any atom is -0.382 e. The lowest BCUT2D eigenvalue weighted by Gasteiger charge is -2.40. The Morgan fingerprint density at radius 1 is 1.05 bits per heavy atom. The number of H-pyrrole nitrogens is 1. The van der Waals surface area contributed by atoms with Crippen molar-refractivity contribution in [1.29, 1.82) is 0 Å². The van der Waals surface area contributed by atoms with Crippen LogP contribution in [0.4, 0.5) is 11.6 Å². The molecule has 2 aliphatic rings. The maximum absolute atomic E-state index is 13.4. The Morgan fingerprint density at radius 3 is 2.66 bits per heavy atom. The molecule has 1 amide bonds. The lowest BCUT2D eigenvalue weighted by atomic mass is 10.1. The van der Waals surface area contributed by atoms with Gasteiger partial charge < -0.3 is 30.2 Å². The summed E-state index contributed by atoms with van der Waals surface area (Å²) in [5.41, 5.74) is 11.7. The second-order valence-corrected chi connectivity index (χ2v) is 11.0. The Hall–Kier alpha value is -4.77. The number of piperazine rings is 1. The molecule has 41 heavy (non-hydrogen) atoms. The van der Waals surface area contributed by atoms with E-state index in [9.17, 15) is 4.79 Å². The predicted molar refractivity (Wildman–Crippen MR) is 157 cm³/mol. The first kappa shape index (κ1) is 25.2. The first-order chi connectivity index (χ1) is 19.9. The summed E-state index contributed by atoms with van der Waals surface area (Å²) in [5, 5.41) is 2.97. The van der Waals surface area contributed by atoms with Gasteiger partial charge >= 0.3 is 0 Å². The maximum Gasteiger partial charge on any atom is 0.274 e. The monoisotopic (exact) mass is 548 g/mol. The summed E-state index contributed by atoms with van der Waals surface area (Å²) in [7, 11) is 2.18. The SMILES string of the molecule is Cc1cnc2ccc(-c3nc(C(=O)NCc4cccc(N5[C@@H]6CC[C@H]5CN(C)C6)n4)c(N)nc3-c3ccc[nH]3)cn12. The van der Waals surface area contributed by atoms with Crippen LogP contribution in [0.25, 0.3) is 28.3 Å². The smallest absolute Gasteiger partial charge is 0.274 e. The topological polar surface area (TPSA) is 133 Å². The number of aromatic amines is 1. The molecule has 0 radical (unpaired) electrons. The van der Waals surface area contributed by atoms with Gasteiger partial charge in [-0.15, -0.1) is 0 Å². The van der Waals surface area contributed by atoms with Gasteiger partial charge in [-0.3, -0.25) is 4.79 Å². The van der Waals surface area contributed by atoms with Gasteiger partial charge in [-0.25, -0.2) is 19.9 Å². The molecule has 0 spiro atoms. The number of pyridine rings is 2. The van der Waals surface area contributed by atoms with Gasteiger partial charge in [0.2, 0.25) is 0 Å². The number of likely N-dealkylation sites (N-methyl/N-ethyl adjacent to an activating group) is 1. The Balaban J connectivity index is 1.17. The van der Waals surface area contributed by atoms with E-state index in [1.54, 1.807) is 0 Å². The van der Waals surface area contributed by atoms with Crippen molar-refractivity contribution < 1.29 is 4.79 Å². The fourth-order valence-electron chi connectivity index (χ4n) is 6.18. The van der Waals surface area contributed by atoms with E-state index < -0.39 is 5.91 Å². The maximum atomic E-state index is 13.4. The fraction of sp³-hybridized carbons (Fsp3) is 0.300. The minimum absolute atomic E-state index is 0.0615. The summed E-state index contributed by atoms with van der Waals surface area (Å²) in [6.45, 7) is 4.34. The van der Waals surface area contributed by atoms with Crippen molar-refractivity contribution in [2.75, 3.05) is 30.8 Å². The Morgan fingerprint density at radius 2 is 1.88 bits per heavy atom. The second-order valence-electron chi connectivity index (χ2n) is 11.0. The Kier molecular flexibility index (Phi) is 6.15. The van der Waals surface area contributed by atoms with Gasteiger partial charge in [-0.05, 0) is 63.2 Å². The molecule has 2 atom stereocenters. The summed E-state index contributed by atoms with van der Waals surface area (Å²) < 4.78 is 1.98. The van der Waals surface area contributed by atoms with Gasteiger partial charge in [0.25, 0.3) is 5.91 Å². The molecule has 5 aromatic rings. The number of imidazole rings is 1. The van der Waals surface area contributed by atoms with Gasteiger partial charge in [0, 0.05) is 55.0 Å². The second kappa shape index (κ2) is 10.0. The van der Waals surface area contributed by atoms with Crippen molar-refractivity contribution in [3.05, 3.63) is 78.1 Å². The highest BCUT2D eigenvalue weighted by molar-refractivity contribution is 5.97. The molecule has 0 aliphatic carbocycles. The highest BCUT2D eigenvalue weighted by Crippen LogP contribution is 2.34. The van der Waals surface area contributed by atoms with Crippen molar-refractivity contribution in [3.63, 3.8) is 0 Å². The van der Waals surface area contributed by atoms with E-state index >= 15 is 0 Å². The molecule has 2 saturated heterocycles. The van der Waals surface area contributed by atoms with E-state index in [0.717, 1.165) is 47.2 Å². The number of nitrogens with two attached hydrogens (primary N) is 1. The fourth-order valence-corrected chi connectivity index (χ4v) is 6.18. The lowest BCUT2D eigenvalue weighted by molar-refractivity contribution is 0.0946. The quantitative estimate of drug-likeness (QED) is 0.294. The van der Waals surface area contributed by atoms with Crippen LogP contribution in [0.1, 0.15) is 34.7 Å². The number of carbonyl (C=O) groups excluding carboxylic acids is 1. The third kappa shape index (κ3) is 4.57. The van der Waals surface area contributed by atoms with Crippen LogP contribution in [0, 0.1) is 6.92 Å². The van der Waals surface area contributed by atoms with Crippen LogP contribution in [0.3, 0.4) is 0 Å². The lowest BCUT2D eigenvalue weighted by Crippen LogP contribution is -2.52. The zero-order chi connectivity index (χ0) is 28.1. The van der Waals surface area contributed by atoms with Gasteiger partial charge in [-0.2, -0.15) is 0 Å². The van der Waals surface area contributed by atoms with E-state index in [4.69, 9.17) is 15.7 Å². The molecule has 0 aromatic carbocycles. The molecule has 2 aliphatic heterocycles. The van der Waals surface area contributed by atoms with Crippen LogP contribution in [0.15, 0.2) is 61.1 Å². The van der Waals surface area contributed by atoms with Crippen molar-refractivity contribution in [3.8, 4) is 22.6 Å². The molecular formula is C30H32N10O. The molecule has 5 aromatic heterocycles. The normalized spacial score (nSPS) is 18.7. The zero-order valence-corrected chi connectivity index (χ0v) is 23.1. The summed E-state index contributed by atoms with van der Waals surface area (Å²) in [4.78, 5) is 40.2. The van der Waals surface area contributed by atoms with Gasteiger partial charge in [0.05, 0.1) is 17.9 Å².